The summed E-state index contributed by atoms with van der Waals surface area (Å²) in [7, 11) is -3.91. The van der Waals surface area contributed by atoms with Crippen LogP contribution >= 0.6 is 0 Å². The van der Waals surface area contributed by atoms with E-state index in [1.165, 1.54) is 12.1 Å². The molecule has 0 aromatic heterocycles. The summed E-state index contributed by atoms with van der Waals surface area (Å²) in [5, 5.41) is 8.99. The minimum Gasteiger partial charge on any atom is -0.478 e. The topological polar surface area (TPSA) is 109 Å². The normalized spacial score (nSPS) is 11.1. The molecule has 0 saturated heterocycles. The largest absolute Gasteiger partial charge is 0.478 e. The van der Waals surface area contributed by atoms with Crippen molar-refractivity contribution < 1.29 is 18.3 Å². The third kappa shape index (κ3) is 4.08. The SMILES string of the molecule is CC(C)=CCNS(=O)(=O)c1cc(N)ccc1C(=O)O. The van der Waals surface area contributed by atoms with E-state index in [1.54, 1.807) is 6.08 Å². The number of sulfonamides is 1. The molecule has 0 aliphatic heterocycles. The van der Waals surface area contributed by atoms with Crippen molar-refractivity contribution in [3.05, 3.63) is 35.4 Å². The number of allylic oxidation sites excluding steroid dienone is 1. The van der Waals surface area contributed by atoms with Crippen molar-refractivity contribution in [2.75, 3.05) is 12.3 Å². The second kappa shape index (κ2) is 5.85. The summed E-state index contributed by atoms with van der Waals surface area (Å²) >= 11 is 0. The molecule has 0 fully saturated rings. The van der Waals surface area contributed by atoms with Crippen molar-refractivity contribution in [1.82, 2.24) is 4.72 Å². The van der Waals surface area contributed by atoms with E-state index in [-0.39, 0.29) is 22.7 Å². The molecular formula is C12H16N2O4S. The molecule has 0 heterocycles. The lowest BCUT2D eigenvalue weighted by molar-refractivity contribution is 0.0692. The number of carboxylic acid groups (broad SMARTS) is 1. The Morgan fingerprint density at radius 1 is 1.42 bits per heavy atom. The van der Waals surface area contributed by atoms with E-state index >= 15 is 0 Å². The van der Waals surface area contributed by atoms with Gasteiger partial charge in [0.1, 0.15) is 0 Å². The summed E-state index contributed by atoms with van der Waals surface area (Å²) in [5.74, 6) is -1.32. The molecule has 6 nitrogen and oxygen atoms in total. The average Bonchev–Trinajstić information content (AvgIpc) is 2.27. The second-order valence-electron chi connectivity index (χ2n) is 4.19. The molecule has 19 heavy (non-hydrogen) atoms. The van der Waals surface area contributed by atoms with Crippen LogP contribution in [-0.4, -0.2) is 26.0 Å². The summed E-state index contributed by atoms with van der Waals surface area (Å²) in [6, 6.07) is 3.65. The van der Waals surface area contributed by atoms with Crippen LogP contribution in [0.5, 0.6) is 0 Å². The molecule has 0 bridgehead atoms. The fraction of sp³-hybridized carbons (Fsp3) is 0.250. The molecule has 0 unspecified atom stereocenters. The van der Waals surface area contributed by atoms with Crippen LogP contribution in [0.1, 0.15) is 24.2 Å². The van der Waals surface area contributed by atoms with Gasteiger partial charge in [0.05, 0.1) is 10.5 Å². The maximum absolute atomic E-state index is 12.0. The number of nitrogen functional groups attached to an aromatic ring is 1. The van der Waals surface area contributed by atoms with E-state index in [1.807, 2.05) is 13.8 Å². The van der Waals surface area contributed by atoms with Gasteiger partial charge in [0.25, 0.3) is 0 Å². The average molecular weight is 284 g/mol. The van der Waals surface area contributed by atoms with Gasteiger partial charge in [0.2, 0.25) is 10.0 Å². The van der Waals surface area contributed by atoms with E-state index in [4.69, 9.17) is 10.8 Å². The zero-order chi connectivity index (χ0) is 14.6. The molecule has 0 radical (unpaired) electrons. The quantitative estimate of drug-likeness (QED) is 0.556. The maximum Gasteiger partial charge on any atom is 0.337 e. The Hall–Kier alpha value is -1.86. The van der Waals surface area contributed by atoms with Crippen LogP contribution in [0.2, 0.25) is 0 Å². The summed E-state index contributed by atoms with van der Waals surface area (Å²) < 4.78 is 26.4. The van der Waals surface area contributed by atoms with Crippen LogP contribution in [0.4, 0.5) is 5.69 Å². The smallest absolute Gasteiger partial charge is 0.337 e. The number of aromatic carboxylic acids is 1. The molecule has 7 heteroatoms. The van der Waals surface area contributed by atoms with Crippen LogP contribution < -0.4 is 10.5 Å². The third-order valence-corrected chi connectivity index (χ3v) is 3.77. The Labute approximate surface area is 112 Å². The van der Waals surface area contributed by atoms with Crippen molar-refractivity contribution in [1.29, 1.82) is 0 Å². The first-order chi connectivity index (χ1) is 8.74. The van der Waals surface area contributed by atoms with Gasteiger partial charge in [-0.25, -0.2) is 17.9 Å². The number of nitrogens with two attached hydrogens (primary N) is 1. The molecule has 0 saturated carbocycles. The van der Waals surface area contributed by atoms with Crippen LogP contribution in [0.25, 0.3) is 0 Å². The summed E-state index contributed by atoms with van der Waals surface area (Å²) in [6.45, 7) is 3.76. The van der Waals surface area contributed by atoms with Gasteiger partial charge < -0.3 is 10.8 Å². The summed E-state index contributed by atoms with van der Waals surface area (Å²) in [5.41, 5.74) is 6.34. The van der Waals surface area contributed by atoms with Gasteiger partial charge in [-0.1, -0.05) is 11.6 Å². The first kappa shape index (κ1) is 15.2. The van der Waals surface area contributed by atoms with Crippen molar-refractivity contribution >= 4 is 21.7 Å². The number of carboxylic acids is 1. The lowest BCUT2D eigenvalue weighted by Gasteiger charge is -2.09. The molecule has 1 rings (SSSR count). The number of carbonyl (C=O) groups is 1. The van der Waals surface area contributed by atoms with Crippen molar-refractivity contribution in [2.45, 2.75) is 18.7 Å². The summed E-state index contributed by atoms with van der Waals surface area (Å²) in [6.07, 6.45) is 1.68. The molecule has 0 amide bonds. The number of hydrogen-bond acceptors (Lipinski definition) is 4. The Bertz CT molecular complexity index is 617. The highest BCUT2D eigenvalue weighted by atomic mass is 32.2. The van der Waals surface area contributed by atoms with Gasteiger partial charge in [0.15, 0.2) is 0 Å². The summed E-state index contributed by atoms with van der Waals surface area (Å²) in [4.78, 5) is 10.7. The van der Waals surface area contributed by atoms with Crippen LogP contribution in [0, 0.1) is 0 Å². The van der Waals surface area contributed by atoms with Gasteiger partial charge >= 0.3 is 5.97 Å². The number of hydrogen-bond donors (Lipinski definition) is 3. The van der Waals surface area contributed by atoms with E-state index in [9.17, 15) is 13.2 Å². The van der Waals surface area contributed by atoms with Crippen LogP contribution in [-0.2, 0) is 10.0 Å². The fourth-order valence-corrected chi connectivity index (χ4v) is 2.57. The lowest BCUT2D eigenvalue weighted by Crippen LogP contribution is -2.26. The van der Waals surface area contributed by atoms with Crippen molar-refractivity contribution in [3.8, 4) is 0 Å². The molecule has 0 atom stereocenters. The zero-order valence-corrected chi connectivity index (χ0v) is 11.5. The molecule has 0 aliphatic carbocycles. The Kier molecular flexibility index (Phi) is 4.68. The Morgan fingerprint density at radius 2 is 2.05 bits per heavy atom. The molecule has 1 aromatic rings. The van der Waals surface area contributed by atoms with Crippen molar-refractivity contribution in [3.63, 3.8) is 0 Å². The van der Waals surface area contributed by atoms with E-state index in [0.29, 0.717) is 0 Å². The number of benzene rings is 1. The highest BCUT2D eigenvalue weighted by Gasteiger charge is 2.21. The van der Waals surface area contributed by atoms with Crippen molar-refractivity contribution in [2.24, 2.45) is 0 Å². The van der Waals surface area contributed by atoms with E-state index in [0.717, 1.165) is 11.6 Å². The number of anilines is 1. The van der Waals surface area contributed by atoms with Gasteiger partial charge in [0, 0.05) is 12.2 Å². The lowest BCUT2D eigenvalue weighted by atomic mass is 10.2. The van der Waals surface area contributed by atoms with Gasteiger partial charge in [-0.05, 0) is 32.0 Å². The van der Waals surface area contributed by atoms with E-state index < -0.39 is 16.0 Å². The van der Waals surface area contributed by atoms with Crippen LogP contribution in [0.15, 0.2) is 34.7 Å². The van der Waals surface area contributed by atoms with Gasteiger partial charge in [-0.2, -0.15) is 0 Å². The zero-order valence-electron chi connectivity index (χ0n) is 10.7. The molecule has 1 aromatic carbocycles. The first-order valence-corrected chi connectivity index (χ1v) is 6.98. The predicted octanol–water partition coefficient (Wildman–Crippen LogP) is 1.21. The number of nitrogens with one attached hydrogen (secondary N) is 1. The standard InChI is InChI=1S/C12H16N2O4S/c1-8(2)5-6-14-19(17,18)11-7-9(13)3-4-10(11)12(15)16/h3-5,7,14H,6,13H2,1-2H3,(H,15,16). The monoisotopic (exact) mass is 284 g/mol. The number of rotatable bonds is 5. The highest BCUT2D eigenvalue weighted by molar-refractivity contribution is 7.89. The Morgan fingerprint density at radius 3 is 2.58 bits per heavy atom. The Balaban J connectivity index is 3.17. The molecule has 104 valence electrons. The fourth-order valence-electron chi connectivity index (χ4n) is 1.37. The molecule has 0 spiro atoms. The molecular weight excluding hydrogens is 268 g/mol. The van der Waals surface area contributed by atoms with Gasteiger partial charge in [-0.3, -0.25) is 0 Å². The first-order valence-electron chi connectivity index (χ1n) is 5.50. The molecule has 4 N–H and O–H groups in total. The minimum atomic E-state index is -3.91. The predicted molar refractivity (Wildman–Crippen MR) is 72.4 cm³/mol. The highest BCUT2D eigenvalue weighted by Crippen LogP contribution is 2.19. The van der Waals surface area contributed by atoms with E-state index in [2.05, 4.69) is 4.72 Å². The van der Waals surface area contributed by atoms with Gasteiger partial charge in [-0.15, -0.1) is 0 Å². The maximum atomic E-state index is 12.0. The third-order valence-electron chi connectivity index (χ3n) is 2.31. The minimum absolute atomic E-state index is 0.0958. The second-order valence-corrected chi connectivity index (χ2v) is 5.93. The molecule has 0 aliphatic rings. The van der Waals surface area contributed by atoms with Crippen LogP contribution in [0.3, 0.4) is 0 Å².